The number of likely N-dealkylation sites (N-methyl/N-ethyl adjacent to an activating group) is 2. The second-order valence-corrected chi connectivity index (χ2v) is 4.52. The number of nitrogens with zero attached hydrogens (tertiary/aromatic N) is 2. The number of nitrogens with two attached hydrogens (primary N) is 1. The largest absolute Gasteiger partial charge is 0.492 e. The van der Waals surface area contributed by atoms with E-state index in [1.54, 1.807) is 0 Å². The van der Waals surface area contributed by atoms with Gasteiger partial charge in [0.2, 0.25) is 0 Å². The fraction of sp³-hybridized carbons (Fsp3) is 0.538. The van der Waals surface area contributed by atoms with Crippen molar-refractivity contribution in [1.29, 1.82) is 0 Å². The fourth-order valence-electron chi connectivity index (χ4n) is 1.37. The Kier molecular flexibility index (Phi) is 5.80. The van der Waals surface area contributed by atoms with E-state index >= 15 is 0 Å². The van der Waals surface area contributed by atoms with Crippen LogP contribution in [0.3, 0.4) is 0 Å². The Labute approximate surface area is 104 Å². The minimum atomic E-state index is 0.702. The van der Waals surface area contributed by atoms with Gasteiger partial charge in [-0.3, -0.25) is 0 Å². The zero-order valence-corrected chi connectivity index (χ0v) is 11.0. The van der Waals surface area contributed by atoms with Gasteiger partial charge in [0, 0.05) is 25.3 Å². The van der Waals surface area contributed by atoms with E-state index in [4.69, 9.17) is 10.5 Å². The van der Waals surface area contributed by atoms with Crippen molar-refractivity contribution < 1.29 is 4.74 Å². The lowest BCUT2D eigenvalue weighted by Gasteiger charge is -2.19. The first-order valence-electron chi connectivity index (χ1n) is 5.89. The molecule has 0 saturated carbocycles. The predicted octanol–water partition coefficient (Wildman–Crippen LogP) is 1.14. The van der Waals surface area contributed by atoms with Gasteiger partial charge in [-0.05, 0) is 45.4 Å². The third kappa shape index (κ3) is 6.14. The van der Waals surface area contributed by atoms with E-state index in [1.165, 1.54) is 0 Å². The van der Waals surface area contributed by atoms with E-state index < -0.39 is 0 Å². The highest BCUT2D eigenvalue weighted by Crippen LogP contribution is 2.12. The molecule has 1 aromatic rings. The minimum absolute atomic E-state index is 0.702. The molecule has 1 rings (SSSR count). The van der Waals surface area contributed by atoms with E-state index in [2.05, 4.69) is 30.9 Å². The molecule has 0 spiro atoms. The predicted molar refractivity (Wildman–Crippen MR) is 72.4 cm³/mol. The Morgan fingerprint density at radius 2 is 1.65 bits per heavy atom. The summed E-state index contributed by atoms with van der Waals surface area (Å²) in [5, 5.41) is 0. The van der Waals surface area contributed by atoms with Crippen molar-refractivity contribution in [2.75, 3.05) is 53.1 Å². The van der Waals surface area contributed by atoms with Crippen LogP contribution in [0.15, 0.2) is 24.3 Å². The quantitative estimate of drug-likeness (QED) is 0.722. The minimum Gasteiger partial charge on any atom is -0.492 e. The molecule has 4 heteroatoms. The zero-order chi connectivity index (χ0) is 12.7. The van der Waals surface area contributed by atoms with Crippen LogP contribution in [0.25, 0.3) is 0 Å². The number of ether oxygens (including phenoxy) is 1. The Morgan fingerprint density at radius 3 is 2.24 bits per heavy atom. The summed E-state index contributed by atoms with van der Waals surface area (Å²) in [6, 6.07) is 7.50. The molecule has 0 aromatic heterocycles. The lowest BCUT2D eigenvalue weighted by atomic mass is 10.3. The Balaban J connectivity index is 2.16. The summed E-state index contributed by atoms with van der Waals surface area (Å²) < 4.78 is 5.63. The van der Waals surface area contributed by atoms with Crippen LogP contribution in [-0.4, -0.2) is 57.2 Å². The molecule has 1 aromatic carbocycles. The second-order valence-electron chi connectivity index (χ2n) is 4.52. The van der Waals surface area contributed by atoms with Crippen molar-refractivity contribution in [3.8, 4) is 5.75 Å². The summed E-state index contributed by atoms with van der Waals surface area (Å²) in [4.78, 5) is 4.44. The maximum atomic E-state index is 5.63. The monoisotopic (exact) mass is 237 g/mol. The number of hydrogen-bond acceptors (Lipinski definition) is 4. The second kappa shape index (κ2) is 7.14. The number of benzene rings is 1. The average molecular weight is 237 g/mol. The third-order valence-electron chi connectivity index (χ3n) is 2.55. The molecule has 0 aliphatic carbocycles. The van der Waals surface area contributed by atoms with E-state index in [9.17, 15) is 0 Å². The molecule has 0 radical (unpaired) electrons. The molecule has 2 N–H and O–H groups in total. The highest BCUT2D eigenvalue weighted by Gasteiger charge is 2.00. The summed E-state index contributed by atoms with van der Waals surface area (Å²) in [7, 11) is 6.27. The van der Waals surface area contributed by atoms with Crippen molar-refractivity contribution in [2.24, 2.45) is 0 Å². The van der Waals surface area contributed by atoms with Gasteiger partial charge in [-0.25, -0.2) is 0 Å². The maximum Gasteiger partial charge on any atom is 0.119 e. The van der Waals surface area contributed by atoms with E-state index in [1.807, 2.05) is 24.3 Å². The first-order valence-corrected chi connectivity index (χ1v) is 5.89. The molecular formula is C13H23N3O. The summed E-state index contributed by atoms with van der Waals surface area (Å²) in [5.41, 5.74) is 6.37. The third-order valence-corrected chi connectivity index (χ3v) is 2.55. The van der Waals surface area contributed by atoms with Gasteiger partial charge >= 0.3 is 0 Å². The van der Waals surface area contributed by atoms with Crippen LogP contribution < -0.4 is 10.5 Å². The van der Waals surface area contributed by atoms with Crippen molar-refractivity contribution in [1.82, 2.24) is 9.80 Å². The van der Waals surface area contributed by atoms with Gasteiger partial charge in [-0.1, -0.05) is 0 Å². The molecular weight excluding hydrogens is 214 g/mol. The Hall–Kier alpha value is -1.26. The average Bonchev–Trinajstić information content (AvgIpc) is 2.29. The lowest BCUT2D eigenvalue weighted by Crippen LogP contribution is -2.31. The number of anilines is 1. The van der Waals surface area contributed by atoms with Crippen LogP contribution in [0, 0.1) is 0 Å². The molecule has 0 atom stereocenters. The van der Waals surface area contributed by atoms with E-state index in [0.717, 1.165) is 31.1 Å². The van der Waals surface area contributed by atoms with Gasteiger partial charge in [-0.15, -0.1) is 0 Å². The van der Waals surface area contributed by atoms with Crippen LogP contribution >= 0.6 is 0 Å². The molecule has 4 nitrogen and oxygen atoms in total. The standard InChI is InChI=1S/C13H23N3O/c1-15(2)8-9-16(3)10-11-17-13-6-4-12(14)5-7-13/h4-7H,8-11,14H2,1-3H3. The molecule has 0 unspecified atom stereocenters. The van der Waals surface area contributed by atoms with Crippen LogP contribution in [0.1, 0.15) is 0 Å². The highest BCUT2D eigenvalue weighted by molar-refractivity contribution is 5.41. The number of hydrogen-bond donors (Lipinski definition) is 1. The zero-order valence-electron chi connectivity index (χ0n) is 11.0. The highest BCUT2D eigenvalue weighted by atomic mass is 16.5. The smallest absolute Gasteiger partial charge is 0.119 e. The molecule has 0 aliphatic rings. The molecule has 0 fully saturated rings. The lowest BCUT2D eigenvalue weighted by molar-refractivity contribution is 0.222. The summed E-state index contributed by atoms with van der Waals surface area (Å²) >= 11 is 0. The normalized spacial score (nSPS) is 11.1. The van der Waals surface area contributed by atoms with Crippen LogP contribution in [0.5, 0.6) is 5.75 Å². The van der Waals surface area contributed by atoms with E-state index in [-0.39, 0.29) is 0 Å². The van der Waals surface area contributed by atoms with Gasteiger partial charge in [-0.2, -0.15) is 0 Å². The molecule has 0 amide bonds. The van der Waals surface area contributed by atoms with Crippen LogP contribution in [0.4, 0.5) is 5.69 Å². The SMILES string of the molecule is CN(C)CCN(C)CCOc1ccc(N)cc1. The topological polar surface area (TPSA) is 41.7 Å². The summed E-state index contributed by atoms with van der Waals surface area (Å²) in [6.45, 7) is 3.75. The van der Waals surface area contributed by atoms with E-state index in [0.29, 0.717) is 6.61 Å². The first-order chi connectivity index (χ1) is 8.08. The Morgan fingerprint density at radius 1 is 1.00 bits per heavy atom. The van der Waals surface area contributed by atoms with Gasteiger partial charge in [0.15, 0.2) is 0 Å². The first kappa shape index (κ1) is 13.8. The molecule has 17 heavy (non-hydrogen) atoms. The Bertz CT molecular complexity index is 311. The van der Waals surface area contributed by atoms with Gasteiger partial charge in [0.25, 0.3) is 0 Å². The van der Waals surface area contributed by atoms with Crippen LogP contribution in [-0.2, 0) is 0 Å². The molecule has 0 heterocycles. The molecule has 0 bridgehead atoms. The van der Waals surface area contributed by atoms with Gasteiger partial charge in [0.05, 0.1) is 0 Å². The summed E-state index contributed by atoms with van der Waals surface area (Å²) in [6.07, 6.45) is 0. The van der Waals surface area contributed by atoms with Crippen molar-refractivity contribution in [2.45, 2.75) is 0 Å². The van der Waals surface area contributed by atoms with Crippen molar-refractivity contribution in [3.05, 3.63) is 24.3 Å². The number of nitrogen functional groups attached to an aromatic ring is 1. The summed E-state index contributed by atoms with van der Waals surface area (Å²) in [5.74, 6) is 0.875. The van der Waals surface area contributed by atoms with Gasteiger partial charge in [0.1, 0.15) is 12.4 Å². The van der Waals surface area contributed by atoms with Crippen molar-refractivity contribution in [3.63, 3.8) is 0 Å². The molecule has 96 valence electrons. The van der Waals surface area contributed by atoms with Crippen LogP contribution in [0.2, 0.25) is 0 Å². The van der Waals surface area contributed by atoms with Gasteiger partial charge < -0.3 is 20.3 Å². The fourth-order valence-corrected chi connectivity index (χ4v) is 1.37. The maximum absolute atomic E-state index is 5.63. The number of rotatable bonds is 7. The van der Waals surface area contributed by atoms with Crippen molar-refractivity contribution >= 4 is 5.69 Å². The molecule has 0 aliphatic heterocycles. The molecule has 0 saturated heterocycles.